The van der Waals surface area contributed by atoms with Crippen LogP contribution in [0.4, 0.5) is 4.39 Å². The molecule has 0 bridgehead atoms. The predicted octanol–water partition coefficient (Wildman–Crippen LogP) is 2.35. The molecule has 1 amide bonds. The summed E-state index contributed by atoms with van der Waals surface area (Å²) in [6.07, 6.45) is 3.23. The molecule has 0 radical (unpaired) electrons. The lowest BCUT2D eigenvalue weighted by molar-refractivity contribution is -0.119. The number of rotatable bonds is 7. The average molecular weight is 322 g/mol. The molecule has 1 aromatic carbocycles. The average Bonchev–Trinajstić information content (AvgIpc) is 2.99. The molecule has 0 aliphatic carbocycles. The fraction of sp³-hybridized carbons (Fsp3) is 0.400. The fourth-order valence-corrected chi connectivity index (χ4v) is 2.57. The van der Waals surface area contributed by atoms with Crippen LogP contribution in [0.3, 0.4) is 0 Å². The number of nitrogens with one attached hydrogen (secondary N) is 1. The summed E-state index contributed by atoms with van der Waals surface area (Å²) in [4.78, 5) is 14.5. The molecule has 0 aliphatic rings. The van der Waals surface area contributed by atoms with Crippen LogP contribution in [-0.4, -0.2) is 32.7 Å². The van der Waals surface area contributed by atoms with Gasteiger partial charge in [0, 0.05) is 4.90 Å². The summed E-state index contributed by atoms with van der Waals surface area (Å²) in [5.41, 5.74) is 0. The van der Waals surface area contributed by atoms with Gasteiger partial charge >= 0.3 is 0 Å². The second-order valence-electron chi connectivity index (χ2n) is 5.24. The zero-order valence-electron chi connectivity index (χ0n) is 12.6. The van der Waals surface area contributed by atoms with Gasteiger partial charge in [-0.05, 0) is 30.2 Å². The van der Waals surface area contributed by atoms with E-state index in [1.54, 1.807) is 29.3 Å². The van der Waals surface area contributed by atoms with Crippen LogP contribution in [0.15, 0.2) is 41.6 Å². The van der Waals surface area contributed by atoms with Gasteiger partial charge in [-0.1, -0.05) is 13.8 Å². The van der Waals surface area contributed by atoms with Gasteiger partial charge in [-0.25, -0.2) is 4.39 Å². The molecule has 1 unspecified atom stereocenters. The number of carbonyl (C=O) groups excluding carboxylic acids is 1. The Morgan fingerprint density at radius 3 is 2.50 bits per heavy atom. The Labute approximate surface area is 133 Å². The van der Waals surface area contributed by atoms with Crippen molar-refractivity contribution in [1.29, 1.82) is 0 Å². The van der Waals surface area contributed by atoms with Gasteiger partial charge in [-0.15, -0.1) is 11.8 Å². The Balaban J connectivity index is 1.84. The maximum absolute atomic E-state index is 12.8. The summed E-state index contributed by atoms with van der Waals surface area (Å²) in [5.74, 6) is 0.229. The predicted molar refractivity (Wildman–Crippen MR) is 83.9 cm³/mol. The fourth-order valence-electron chi connectivity index (χ4n) is 1.86. The van der Waals surface area contributed by atoms with E-state index in [1.807, 2.05) is 13.8 Å². The van der Waals surface area contributed by atoms with Crippen molar-refractivity contribution in [2.45, 2.75) is 31.3 Å². The van der Waals surface area contributed by atoms with Crippen LogP contribution in [0.2, 0.25) is 0 Å². The van der Waals surface area contributed by atoms with Crippen LogP contribution in [0.5, 0.6) is 0 Å². The lowest BCUT2D eigenvalue weighted by Crippen LogP contribution is -2.42. The lowest BCUT2D eigenvalue weighted by atomic mass is 10.0. The molecular weight excluding hydrogens is 303 g/mol. The summed E-state index contributed by atoms with van der Waals surface area (Å²) >= 11 is 1.38. The minimum atomic E-state index is -0.277. The molecule has 0 spiro atoms. The maximum atomic E-state index is 12.8. The van der Waals surface area contributed by atoms with Crippen LogP contribution >= 0.6 is 11.8 Å². The molecule has 1 aromatic heterocycles. The van der Waals surface area contributed by atoms with Crippen molar-refractivity contribution in [3.63, 3.8) is 0 Å². The van der Waals surface area contributed by atoms with Crippen LogP contribution in [0.1, 0.15) is 13.8 Å². The summed E-state index contributed by atoms with van der Waals surface area (Å²) in [6, 6.07) is 6.08. The number of nitrogens with zero attached hydrogens (tertiary/aromatic N) is 3. The first-order valence-electron chi connectivity index (χ1n) is 7.06. The Kier molecular flexibility index (Phi) is 5.94. The van der Waals surface area contributed by atoms with Crippen molar-refractivity contribution >= 4 is 17.7 Å². The number of hydrogen-bond acceptors (Lipinski definition) is 4. The number of carbonyl (C=O) groups is 1. The highest BCUT2D eigenvalue weighted by atomic mass is 32.2. The number of thioether (sulfide) groups is 1. The number of hydrogen-bond donors (Lipinski definition) is 1. The largest absolute Gasteiger partial charge is 0.350 e. The molecule has 0 aliphatic heterocycles. The van der Waals surface area contributed by atoms with Gasteiger partial charge in [0.2, 0.25) is 5.91 Å². The standard InChI is InChI=1S/C15H19FN4OS/c1-11(2)14(9-20-17-7-8-18-20)19-15(21)10-22-13-5-3-12(16)4-6-13/h3-8,11,14H,9-10H2,1-2H3,(H,19,21). The van der Waals surface area contributed by atoms with E-state index in [2.05, 4.69) is 15.5 Å². The van der Waals surface area contributed by atoms with Gasteiger partial charge in [0.15, 0.2) is 0 Å². The molecule has 1 heterocycles. The van der Waals surface area contributed by atoms with Gasteiger partial charge in [0.25, 0.3) is 0 Å². The van der Waals surface area contributed by atoms with Gasteiger partial charge < -0.3 is 5.32 Å². The van der Waals surface area contributed by atoms with E-state index in [9.17, 15) is 9.18 Å². The number of benzene rings is 1. The molecule has 5 nitrogen and oxygen atoms in total. The third kappa shape index (κ3) is 5.14. The molecule has 0 fully saturated rings. The van der Waals surface area contributed by atoms with Crippen molar-refractivity contribution in [2.75, 3.05) is 5.75 Å². The van der Waals surface area contributed by atoms with Crippen LogP contribution in [0, 0.1) is 11.7 Å². The molecule has 1 N–H and O–H groups in total. The van der Waals surface area contributed by atoms with E-state index < -0.39 is 0 Å². The van der Waals surface area contributed by atoms with Gasteiger partial charge in [0.05, 0.1) is 30.7 Å². The third-order valence-corrected chi connectivity index (χ3v) is 4.17. The highest BCUT2D eigenvalue weighted by molar-refractivity contribution is 8.00. The maximum Gasteiger partial charge on any atom is 0.230 e. The SMILES string of the molecule is CC(C)C(Cn1nccn1)NC(=O)CSc1ccc(F)cc1. The second kappa shape index (κ2) is 7.93. The monoisotopic (exact) mass is 322 g/mol. The van der Waals surface area contributed by atoms with E-state index in [4.69, 9.17) is 0 Å². The second-order valence-corrected chi connectivity index (χ2v) is 6.29. The molecule has 2 aromatic rings. The minimum Gasteiger partial charge on any atom is -0.350 e. The zero-order chi connectivity index (χ0) is 15.9. The van der Waals surface area contributed by atoms with Crippen LogP contribution in [-0.2, 0) is 11.3 Å². The van der Waals surface area contributed by atoms with E-state index in [1.165, 1.54) is 23.9 Å². The van der Waals surface area contributed by atoms with Crippen LogP contribution in [0.25, 0.3) is 0 Å². The molecule has 0 saturated heterocycles. The zero-order valence-corrected chi connectivity index (χ0v) is 13.4. The molecule has 7 heteroatoms. The quantitative estimate of drug-likeness (QED) is 0.795. The van der Waals surface area contributed by atoms with Gasteiger partial charge in [-0.3, -0.25) is 4.79 Å². The first-order valence-corrected chi connectivity index (χ1v) is 8.05. The van der Waals surface area contributed by atoms with Crippen LogP contribution < -0.4 is 5.32 Å². The Morgan fingerprint density at radius 2 is 1.91 bits per heavy atom. The number of amides is 1. The minimum absolute atomic E-state index is 0.0336. The first-order chi connectivity index (χ1) is 10.5. The van der Waals surface area contributed by atoms with Gasteiger partial charge in [0.1, 0.15) is 5.82 Å². The summed E-state index contributed by atoms with van der Waals surface area (Å²) in [6.45, 7) is 4.63. The van der Waals surface area contributed by atoms with E-state index >= 15 is 0 Å². The molecule has 118 valence electrons. The van der Waals surface area contributed by atoms with Crippen molar-refractivity contribution in [1.82, 2.24) is 20.3 Å². The van der Waals surface area contributed by atoms with Crippen molar-refractivity contribution in [3.8, 4) is 0 Å². The summed E-state index contributed by atoms with van der Waals surface area (Å²) < 4.78 is 12.8. The number of halogens is 1. The summed E-state index contributed by atoms with van der Waals surface area (Å²) in [7, 11) is 0. The Morgan fingerprint density at radius 1 is 1.27 bits per heavy atom. The normalized spacial score (nSPS) is 12.4. The topological polar surface area (TPSA) is 59.8 Å². The van der Waals surface area contributed by atoms with Crippen molar-refractivity contribution in [2.24, 2.45) is 5.92 Å². The number of aromatic nitrogens is 3. The van der Waals surface area contributed by atoms with Gasteiger partial charge in [-0.2, -0.15) is 15.0 Å². The van der Waals surface area contributed by atoms with Crippen molar-refractivity contribution < 1.29 is 9.18 Å². The smallest absolute Gasteiger partial charge is 0.230 e. The molecule has 0 saturated carbocycles. The summed E-state index contributed by atoms with van der Waals surface area (Å²) in [5, 5.41) is 11.1. The van der Waals surface area contributed by atoms with Crippen molar-refractivity contribution in [3.05, 3.63) is 42.5 Å². The molecule has 22 heavy (non-hydrogen) atoms. The molecule has 2 rings (SSSR count). The highest BCUT2D eigenvalue weighted by Gasteiger charge is 2.17. The third-order valence-electron chi connectivity index (χ3n) is 3.16. The Hall–Kier alpha value is -1.89. The van der Waals surface area contributed by atoms with E-state index in [0.29, 0.717) is 12.3 Å². The highest BCUT2D eigenvalue weighted by Crippen LogP contribution is 2.17. The van der Waals surface area contributed by atoms with E-state index in [-0.39, 0.29) is 23.7 Å². The van der Waals surface area contributed by atoms with E-state index in [0.717, 1.165) is 4.90 Å². The Bertz CT molecular complexity index is 586. The molecule has 1 atom stereocenters. The molecular formula is C15H19FN4OS. The first kappa shape index (κ1) is 16.5. The lowest BCUT2D eigenvalue weighted by Gasteiger charge is -2.21.